The van der Waals surface area contributed by atoms with E-state index in [9.17, 15) is 9.46 Å². The maximum atomic E-state index is 12.1. The molecule has 0 spiro atoms. The Bertz CT molecular complexity index is 4190. The molecule has 1 atom stereocenters. The van der Waals surface area contributed by atoms with Crippen LogP contribution in [0, 0.1) is 0 Å². The zero-order chi connectivity index (χ0) is 62.6. The summed E-state index contributed by atoms with van der Waals surface area (Å²) in [5.74, 6) is 4.32. The molecule has 0 saturated heterocycles. The number of hydrogen-bond donors (Lipinski definition) is 2. The summed E-state index contributed by atoms with van der Waals surface area (Å²) in [5, 5.41) is 12.5. The number of anilines is 2. The van der Waals surface area contributed by atoms with E-state index in [2.05, 4.69) is 76.8 Å². The quantitative estimate of drug-likeness (QED) is 0.0471. The van der Waals surface area contributed by atoms with Gasteiger partial charge in [-0.2, -0.15) is 0 Å². The molecule has 3 aromatic carbocycles. The van der Waals surface area contributed by atoms with E-state index in [1.165, 1.54) is 4.57 Å². The Morgan fingerprint density at radius 2 is 0.911 bits per heavy atom. The fraction of sp³-hybridized carbons (Fsp3) is 0.162. The minimum Gasteiger partial charge on any atom is -0.756 e. The molecular weight excluding hydrogens is 1160 g/mol. The van der Waals surface area contributed by atoms with Crippen LogP contribution >= 0.6 is 7.82 Å². The van der Waals surface area contributed by atoms with E-state index in [0.717, 1.165) is 67.3 Å². The molecule has 4 N–H and O–H groups in total. The van der Waals surface area contributed by atoms with E-state index >= 15 is 0 Å². The van der Waals surface area contributed by atoms with Crippen LogP contribution in [0.4, 0.5) is 11.6 Å². The third-order valence-electron chi connectivity index (χ3n) is 13.1. The van der Waals surface area contributed by atoms with Crippen molar-refractivity contribution in [1.82, 2.24) is 40.4 Å². The van der Waals surface area contributed by atoms with Crippen molar-refractivity contribution in [1.29, 1.82) is 0 Å². The molecule has 0 fully saturated rings. The fourth-order valence-electron chi connectivity index (χ4n) is 8.75. The summed E-state index contributed by atoms with van der Waals surface area (Å²) < 4.78 is 56.9. The lowest BCUT2D eigenvalue weighted by Gasteiger charge is -2.29. The van der Waals surface area contributed by atoms with Gasteiger partial charge in [0, 0.05) is 98.4 Å². The predicted molar refractivity (Wildman–Crippen MR) is 333 cm³/mol. The minimum atomic E-state index is -4.52. The molecule has 21 nitrogen and oxygen atoms in total. The van der Waals surface area contributed by atoms with Gasteiger partial charge in [-0.15, -0.1) is 0 Å². The number of phosphoric acid groups is 1. The van der Waals surface area contributed by atoms with Gasteiger partial charge in [-0.1, -0.05) is 106 Å². The first-order valence-corrected chi connectivity index (χ1v) is 30.0. The van der Waals surface area contributed by atoms with Gasteiger partial charge in [-0.3, -0.25) is 19.8 Å². The second-order valence-corrected chi connectivity index (χ2v) is 22.6. The fourth-order valence-corrected chi connectivity index (χ4v) is 9.73. The molecule has 9 heterocycles. The van der Waals surface area contributed by atoms with Crippen LogP contribution in [0.3, 0.4) is 0 Å². The first-order valence-electron chi connectivity index (χ1n) is 28.5. The molecule has 12 rings (SSSR count). The average molecular weight is 1230 g/mol. The van der Waals surface area contributed by atoms with Crippen LogP contribution in [0.5, 0.6) is 17.6 Å². The highest BCUT2D eigenvalue weighted by Crippen LogP contribution is 2.43. The van der Waals surface area contributed by atoms with Crippen molar-refractivity contribution in [2.45, 2.75) is 72.2 Å². The Kier molecular flexibility index (Phi) is 21.0. The summed E-state index contributed by atoms with van der Waals surface area (Å²) in [5.41, 5.74) is 22.5. The monoisotopic (exact) mass is 1230 g/mol. The molecule has 0 bridgehead atoms. The van der Waals surface area contributed by atoms with Crippen molar-refractivity contribution in [3.8, 4) is 51.6 Å². The number of pyridine rings is 6. The molecule has 0 aliphatic carbocycles. The SMILES string of the molecule is CC(C)(C)OP(=O)([O-])OC[n+]1cccc(-c2cc(Cc3ccc(COc4ccccn4)cc3)no2)c1N.Nc1ncccc1-c1cc(Cc2ccc(COc3ccccn3)cc2)no1.c1ccc(OCc2ccc(Cc3cc(-c4cccnc4)on3)cc2)nc1. The molecule has 0 radical (unpaired) electrons. The van der Waals surface area contributed by atoms with E-state index in [-0.39, 0.29) is 12.5 Å². The minimum absolute atomic E-state index is 0.262. The van der Waals surface area contributed by atoms with Crippen LogP contribution in [0.25, 0.3) is 34.0 Å². The summed E-state index contributed by atoms with van der Waals surface area (Å²) in [7, 11) is -4.52. The number of ether oxygens (including phenoxy) is 3. The third kappa shape index (κ3) is 18.9. The Hall–Kier alpha value is -10.7. The lowest BCUT2D eigenvalue weighted by Crippen LogP contribution is -2.39. The molecule has 12 aromatic rings. The van der Waals surface area contributed by atoms with Crippen molar-refractivity contribution in [2.75, 3.05) is 11.5 Å². The first kappa shape index (κ1) is 62.4. The molecule has 1 unspecified atom stereocenters. The van der Waals surface area contributed by atoms with Crippen molar-refractivity contribution < 1.29 is 50.9 Å². The zero-order valence-electron chi connectivity index (χ0n) is 49.5. The number of aromatic nitrogens is 9. The standard InChI is InChI=1S/C26H29N4O6P.C21H18N4O2.C21H17N3O2/c1-26(2,3)36-37(31,32)34-18-30-14-6-7-22(25(30)27)23-16-21(29-35-23)15-19-9-11-20(12-10-19)17-33-24-8-4-5-13-28-24;22-21-18(4-3-11-24-21)19-13-17(25-27-19)12-15-6-8-16(9-7-15)14-26-20-5-1-2-10-23-20;1-2-11-23-21(5-1)25-15-17-8-6-16(7-9-17)12-19-13-20(26-24-19)18-4-3-10-22-14-18/h4-14,16,27H,15,17-18H2,1-3H3,(H,31,32);1-11,13H,12,14H2,(H2,22,24);1-11,13-14H,12,15H2. The number of nitrogens with zero attached hydrogens (tertiary/aromatic N) is 9. The lowest BCUT2D eigenvalue weighted by molar-refractivity contribution is -0.713. The van der Waals surface area contributed by atoms with Crippen molar-refractivity contribution in [3.05, 3.63) is 276 Å². The van der Waals surface area contributed by atoms with Crippen LogP contribution in [-0.4, -0.2) is 46.0 Å². The van der Waals surface area contributed by atoms with Gasteiger partial charge in [-0.05, 0) is 109 Å². The summed E-state index contributed by atoms with van der Waals surface area (Å²) in [6.07, 6.45) is 13.8. The first-order chi connectivity index (χ1) is 43.7. The molecular formula is C68H64N11O10P. The molecule has 0 saturated carbocycles. The molecule has 9 aromatic heterocycles. The molecule has 456 valence electrons. The van der Waals surface area contributed by atoms with Crippen LogP contribution in [0.1, 0.15) is 71.2 Å². The molecule has 22 heteroatoms. The topological polar surface area (TPSA) is 285 Å². The van der Waals surface area contributed by atoms with E-state index in [1.54, 1.807) is 82.3 Å². The van der Waals surface area contributed by atoms with Gasteiger partial charge in [0.2, 0.25) is 17.6 Å². The van der Waals surface area contributed by atoms with E-state index in [0.29, 0.717) is 79.6 Å². The highest BCUT2D eigenvalue weighted by atomic mass is 31.2. The van der Waals surface area contributed by atoms with Gasteiger partial charge in [0.15, 0.2) is 24.0 Å². The Balaban J connectivity index is 0.000000152. The number of phosphoric ester groups is 1. The number of nitrogens with two attached hydrogens (primary N) is 2. The van der Waals surface area contributed by atoms with Gasteiger partial charge >= 0.3 is 0 Å². The zero-order valence-corrected chi connectivity index (χ0v) is 50.4. The van der Waals surface area contributed by atoms with E-state index in [1.807, 2.05) is 127 Å². The lowest BCUT2D eigenvalue weighted by atomic mass is 10.1. The van der Waals surface area contributed by atoms with Gasteiger partial charge in [-0.25, -0.2) is 24.5 Å². The van der Waals surface area contributed by atoms with E-state index in [4.69, 9.17) is 48.3 Å². The maximum Gasteiger partial charge on any atom is 0.285 e. The Morgan fingerprint density at radius 3 is 1.34 bits per heavy atom. The number of benzene rings is 3. The van der Waals surface area contributed by atoms with Crippen molar-refractivity contribution in [3.63, 3.8) is 0 Å². The summed E-state index contributed by atoms with van der Waals surface area (Å²) in [4.78, 5) is 32.7. The third-order valence-corrected chi connectivity index (χ3v) is 14.3. The molecule has 0 aliphatic heterocycles. The molecule has 0 amide bonds. The number of nitrogen functional groups attached to an aromatic ring is 2. The van der Waals surface area contributed by atoms with Crippen molar-refractivity contribution in [2.24, 2.45) is 0 Å². The number of rotatable bonds is 22. The van der Waals surface area contributed by atoms with E-state index < -0.39 is 13.4 Å². The van der Waals surface area contributed by atoms with Crippen LogP contribution < -0.4 is 35.1 Å². The van der Waals surface area contributed by atoms with Crippen LogP contribution in [0.2, 0.25) is 0 Å². The van der Waals surface area contributed by atoms with Gasteiger partial charge in [0.25, 0.3) is 13.6 Å². The Morgan fingerprint density at radius 1 is 0.489 bits per heavy atom. The molecule has 0 aliphatic rings. The second-order valence-electron chi connectivity index (χ2n) is 21.3. The number of hydrogen-bond acceptors (Lipinski definition) is 20. The Labute approximate surface area is 519 Å². The highest BCUT2D eigenvalue weighted by molar-refractivity contribution is 7.45. The van der Waals surface area contributed by atoms with Gasteiger partial charge in [0.05, 0.1) is 34.4 Å². The van der Waals surface area contributed by atoms with Gasteiger partial charge in [0.1, 0.15) is 31.2 Å². The van der Waals surface area contributed by atoms with Crippen LogP contribution in [-0.2, 0) is 59.4 Å². The smallest absolute Gasteiger partial charge is 0.285 e. The summed E-state index contributed by atoms with van der Waals surface area (Å²) in [6.45, 7) is 5.92. The van der Waals surface area contributed by atoms with Gasteiger partial charge < -0.3 is 42.9 Å². The predicted octanol–water partition coefficient (Wildman–Crippen LogP) is 12.2. The second kappa shape index (κ2) is 30.3. The van der Waals surface area contributed by atoms with Crippen LogP contribution in [0.15, 0.2) is 239 Å². The van der Waals surface area contributed by atoms with Crippen molar-refractivity contribution >= 4 is 19.5 Å². The summed E-state index contributed by atoms with van der Waals surface area (Å²) in [6, 6.07) is 57.9. The highest BCUT2D eigenvalue weighted by Gasteiger charge is 2.23. The maximum absolute atomic E-state index is 12.1. The molecule has 90 heavy (non-hydrogen) atoms. The largest absolute Gasteiger partial charge is 0.756 e. The normalized spacial score (nSPS) is 11.7. The summed E-state index contributed by atoms with van der Waals surface area (Å²) >= 11 is 0. The average Bonchev–Trinajstić information content (AvgIpc) is 1.99.